The lowest BCUT2D eigenvalue weighted by molar-refractivity contribution is -0.120. The molecular weight excluding hydrogens is 248 g/mol. The molecule has 0 aliphatic rings. The Hall–Kier alpha value is -2.42. The molecule has 0 bridgehead atoms. The third-order valence-electron chi connectivity index (χ3n) is 3.05. The van der Waals surface area contributed by atoms with Crippen molar-refractivity contribution in [1.82, 2.24) is 5.43 Å². The predicted molar refractivity (Wildman–Crippen MR) is 81.8 cm³/mol. The number of aryl methyl sites for hydroxylation is 2. The van der Waals surface area contributed by atoms with Crippen LogP contribution in [-0.2, 0) is 11.2 Å². The Balaban J connectivity index is 1.91. The van der Waals surface area contributed by atoms with Gasteiger partial charge in [0, 0.05) is 0 Å². The average Bonchev–Trinajstić information content (AvgIpc) is 2.43. The number of hydrogen-bond acceptors (Lipinski definition) is 2. The van der Waals surface area contributed by atoms with Gasteiger partial charge in [-0.1, -0.05) is 54.1 Å². The fraction of sp³-hybridized carbons (Fsp3) is 0.176. The summed E-state index contributed by atoms with van der Waals surface area (Å²) in [5.41, 5.74) is 6.87. The van der Waals surface area contributed by atoms with Gasteiger partial charge in [0.25, 0.3) is 0 Å². The Morgan fingerprint density at radius 1 is 1.15 bits per heavy atom. The molecule has 0 atom stereocenters. The zero-order chi connectivity index (χ0) is 14.4. The molecule has 0 saturated heterocycles. The molecule has 102 valence electrons. The second-order valence-corrected chi connectivity index (χ2v) is 4.81. The molecule has 0 spiro atoms. The number of carbonyl (C=O) groups is 1. The maximum Gasteiger partial charge on any atom is 0.244 e. The van der Waals surface area contributed by atoms with Crippen molar-refractivity contribution in [2.24, 2.45) is 5.10 Å². The van der Waals surface area contributed by atoms with Gasteiger partial charge in [0.1, 0.15) is 0 Å². The first-order chi connectivity index (χ1) is 9.65. The molecule has 20 heavy (non-hydrogen) atoms. The first-order valence-corrected chi connectivity index (χ1v) is 6.58. The van der Waals surface area contributed by atoms with Crippen LogP contribution in [0.5, 0.6) is 0 Å². The molecule has 0 aliphatic carbocycles. The molecule has 3 heteroatoms. The minimum Gasteiger partial charge on any atom is -0.273 e. The number of carbonyl (C=O) groups excluding carboxylic acids is 1. The van der Waals surface area contributed by atoms with Gasteiger partial charge in [-0.05, 0) is 30.5 Å². The third-order valence-corrected chi connectivity index (χ3v) is 3.05. The van der Waals surface area contributed by atoms with Crippen LogP contribution in [0.25, 0.3) is 0 Å². The fourth-order valence-corrected chi connectivity index (χ4v) is 1.97. The van der Waals surface area contributed by atoms with E-state index in [1.165, 1.54) is 5.56 Å². The topological polar surface area (TPSA) is 41.5 Å². The number of hydrazone groups is 1. The van der Waals surface area contributed by atoms with Crippen LogP contribution in [0.4, 0.5) is 0 Å². The number of nitrogens with one attached hydrogen (secondary N) is 1. The van der Waals surface area contributed by atoms with E-state index in [1.54, 1.807) is 6.21 Å². The average molecular weight is 266 g/mol. The number of rotatable bonds is 4. The molecule has 1 N–H and O–H groups in total. The summed E-state index contributed by atoms with van der Waals surface area (Å²) in [6.07, 6.45) is 1.98. The molecule has 3 nitrogen and oxygen atoms in total. The van der Waals surface area contributed by atoms with Gasteiger partial charge in [-0.15, -0.1) is 0 Å². The molecule has 0 unspecified atom stereocenters. The second-order valence-electron chi connectivity index (χ2n) is 4.81. The van der Waals surface area contributed by atoms with E-state index in [0.29, 0.717) is 6.42 Å². The van der Waals surface area contributed by atoms with Crippen LogP contribution >= 0.6 is 0 Å². The normalized spacial score (nSPS) is 10.7. The van der Waals surface area contributed by atoms with E-state index in [2.05, 4.69) is 16.6 Å². The van der Waals surface area contributed by atoms with Crippen molar-refractivity contribution in [2.75, 3.05) is 0 Å². The Morgan fingerprint density at radius 3 is 2.60 bits per heavy atom. The van der Waals surface area contributed by atoms with Crippen LogP contribution in [0.1, 0.15) is 22.3 Å². The van der Waals surface area contributed by atoms with Gasteiger partial charge < -0.3 is 0 Å². The van der Waals surface area contributed by atoms with Gasteiger partial charge in [-0.2, -0.15) is 5.10 Å². The molecule has 0 aliphatic heterocycles. The van der Waals surface area contributed by atoms with Crippen molar-refractivity contribution >= 4 is 12.1 Å². The summed E-state index contributed by atoms with van der Waals surface area (Å²) < 4.78 is 0. The summed E-state index contributed by atoms with van der Waals surface area (Å²) in [7, 11) is 0. The van der Waals surface area contributed by atoms with Gasteiger partial charge in [0.05, 0.1) is 12.6 Å². The number of amides is 1. The van der Waals surface area contributed by atoms with E-state index in [4.69, 9.17) is 0 Å². The molecule has 2 aromatic carbocycles. The molecule has 2 rings (SSSR count). The van der Waals surface area contributed by atoms with E-state index < -0.39 is 0 Å². The summed E-state index contributed by atoms with van der Waals surface area (Å²) >= 11 is 0. The monoisotopic (exact) mass is 266 g/mol. The summed E-state index contributed by atoms with van der Waals surface area (Å²) in [6, 6.07) is 15.7. The van der Waals surface area contributed by atoms with E-state index in [-0.39, 0.29) is 5.91 Å². The Morgan fingerprint density at radius 2 is 1.90 bits per heavy atom. The van der Waals surface area contributed by atoms with Crippen molar-refractivity contribution in [3.8, 4) is 0 Å². The highest BCUT2D eigenvalue weighted by molar-refractivity contribution is 5.83. The zero-order valence-corrected chi connectivity index (χ0v) is 11.8. The summed E-state index contributed by atoms with van der Waals surface area (Å²) in [5.74, 6) is -0.107. The van der Waals surface area contributed by atoms with Crippen molar-refractivity contribution in [3.05, 3.63) is 70.8 Å². The van der Waals surface area contributed by atoms with Gasteiger partial charge in [0.2, 0.25) is 5.91 Å². The van der Waals surface area contributed by atoms with Crippen LogP contribution in [0, 0.1) is 13.8 Å². The maximum absolute atomic E-state index is 11.8. The van der Waals surface area contributed by atoms with Crippen LogP contribution in [0.2, 0.25) is 0 Å². The minimum atomic E-state index is -0.107. The number of nitrogens with zero attached hydrogens (tertiary/aromatic N) is 1. The number of benzene rings is 2. The molecule has 0 heterocycles. The Bertz CT molecular complexity index is 618. The lowest BCUT2D eigenvalue weighted by Gasteiger charge is -2.05. The fourth-order valence-electron chi connectivity index (χ4n) is 1.97. The third kappa shape index (κ3) is 4.05. The van der Waals surface area contributed by atoms with Gasteiger partial charge >= 0.3 is 0 Å². The lowest BCUT2D eigenvalue weighted by Crippen LogP contribution is -2.20. The van der Waals surface area contributed by atoms with Crippen molar-refractivity contribution in [1.29, 1.82) is 0 Å². The van der Waals surface area contributed by atoms with E-state index >= 15 is 0 Å². The first-order valence-electron chi connectivity index (χ1n) is 6.58. The van der Waals surface area contributed by atoms with Crippen LogP contribution in [0.15, 0.2) is 53.6 Å². The zero-order valence-electron chi connectivity index (χ0n) is 11.8. The Kier molecular flexibility index (Phi) is 4.66. The van der Waals surface area contributed by atoms with E-state index in [9.17, 15) is 4.79 Å². The first kappa shape index (κ1) is 14.0. The molecular formula is C17H18N2O. The second kappa shape index (κ2) is 6.66. The molecule has 1 amide bonds. The summed E-state index contributed by atoms with van der Waals surface area (Å²) in [6.45, 7) is 4.06. The highest BCUT2D eigenvalue weighted by Gasteiger charge is 2.04. The maximum atomic E-state index is 11.8. The van der Waals surface area contributed by atoms with Crippen molar-refractivity contribution in [2.45, 2.75) is 20.3 Å². The van der Waals surface area contributed by atoms with E-state index in [1.807, 2.05) is 56.3 Å². The number of hydrogen-bond donors (Lipinski definition) is 1. The molecule has 0 fully saturated rings. The highest BCUT2D eigenvalue weighted by Crippen LogP contribution is 2.10. The smallest absolute Gasteiger partial charge is 0.244 e. The van der Waals surface area contributed by atoms with Gasteiger partial charge in [-0.3, -0.25) is 4.79 Å². The molecule has 0 radical (unpaired) electrons. The predicted octanol–water partition coefficient (Wildman–Crippen LogP) is 3.00. The molecule has 0 saturated carbocycles. The summed E-state index contributed by atoms with van der Waals surface area (Å²) in [5, 5.41) is 3.96. The minimum absolute atomic E-state index is 0.107. The highest BCUT2D eigenvalue weighted by atomic mass is 16.2. The van der Waals surface area contributed by atoms with Crippen molar-refractivity contribution < 1.29 is 4.79 Å². The Labute approximate surface area is 119 Å². The lowest BCUT2D eigenvalue weighted by atomic mass is 10.0. The molecule has 2 aromatic rings. The van der Waals surface area contributed by atoms with Gasteiger partial charge in [0.15, 0.2) is 0 Å². The van der Waals surface area contributed by atoms with Gasteiger partial charge in [-0.25, -0.2) is 5.43 Å². The van der Waals surface area contributed by atoms with Crippen LogP contribution in [0.3, 0.4) is 0 Å². The quantitative estimate of drug-likeness (QED) is 0.671. The molecule has 0 aromatic heterocycles. The van der Waals surface area contributed by atoms with Crippen molar-refractivity contribution in [3.63, 3.8) is 0 Å². The SMILES string of the molecule is Cc1ccc(CC(=O)N/N=C\c2ccccc2)c(C)c1. The van der Waals surface area contributed by atoms with E-state index in [0.717, 1.165) is 16.7 Å². The largest absolute Gasteiger partial charge is 0.273 e. The van der Waals surface area contributed by atoms with Crippen LogP contribution in [-0.4, -0.2) is 12.1 Å². The van der Waals surface area contributed by atoms with Crippen LogP contribution < -0.4 is 5.43 Å². The standard InChI is InChI=1S/C17H18N2O/c1-13-8-9-16(14(2)10-13)11-17(20)19-18-12-15-6-4-3-5-7-15/h3-10,12H,11H2,1-2H3,(H,19,20)/b18-12-. The summed E-state index contributed by atoms with van der Waals surface area (Å²) in [4.78, 5) is 11.8.